The number of fused-ring (bicyclic) bond motifs is 1. The van der Waals surface area contributed by atoms with Crippen LogP contribution in [0.1, 0.15) is 0 Å². The van der Waals surface area contributed by atoms with Gasteiger partial charge < -0.3 is 4.98 Å². The monoisotopic (exact) mass is 201 g/mol. The molecule has 0 saturated heterocycles. The Balaban J connectivity index is 0.000000500. The van der Waals surface area contributed by atoms with E-state index in [0.717, 1.165) is 10.9 Å². The molecule has 1 nitrogen and oxygen atoms in total. The third-order valence-corrected chi connectivity index (χ3v) is 1.38. The topological polar surface area (TPSA) is 15.8 Å². The van der Waals surface area contributed by atoms with Crippen molar-refractivity contribution in [2.45, 2.75) is 0 Å². The van der Waals surface area contributed by atoms with E-state index < -0.39 is 0 Å². The Morgan fingerprint density at radius 2 is 2.00 bits per heavy atom. The van der Waals surface area contributed by atoms with Gasteiger partial charge in [0.25, 0.3) is 0 Å². The average Bonchev–Trinajstić information content (AvgIpc) is 2.33. The molecule has 1 heterocycles. The van der Waals surface area contributed by atoms with Crippen molar-refractivity contribution < 1.29 is 58.2 Å². The summed E-state index contributed by atoms with van der Waals surface area (Å²) >= 11 is 0. The first-order valence-electron chi connectivity index (χ1n) is 2.90. The van der Waals surface area contributed by atoms with Crippen molar-refractivity contribution in [1.29, 1.82) is 0 Å². The van der Waals surface area contributed by atoms with Gasteiger partial charge in [-0.15, -0.1) is 6.07 Å². The summed E-state index contributed by atoms with van der Waals surface area (Å²) in [7, 11) is 0. The fourth-order valence-electron chi connectivity index (χ4n) is 0.926. The van der Waals surface area contributed by atoms with Crippen LogP contribution in [0.5, 0.6) is 0 Å². The number of hydrogen-bond donors (Lipinski definition) is 1. The van der Waals surface area contributed by atoms with Gasteiger partial charge in [-0.3, -0.25) is 0 Å². The number of H-pyrrole nitrogens is 1. The van der Waals surface area contributed by atoms with Crippen LogP contribution in [-0.2, 0) is 0 Å². The maximum Gasteiger partial charge on any atom is 1.00 e. The van der Waals surface area contributed by atoms with Gasteiger partial charge in [0.2, 0.25) is 0 Å². The SMILES string of the molecule is [Rb+].[c-]1c[nH]c2ccccc12. The molecule has 0 fully saturated rings. The van der Waals surface area contributed by atoms with E-state index in [1.165, 1.54) is 0 Å². The minimum atomic E-state index is 0. The molecule has 0 aliphatic rings. The van der Waals surface area contributed by atoms with Crippen LogP contribution in [0.15, 0.2) is 30.5 Å². The van der Waals surface area contributed by atoms with Crippen molar-refractivity contribution in [3.05, 3.63) is 36.5 Å². The summed E-state index contributed by atoms with van der Waals surface area (Å²) in [4.78, 5) is 3.06. The molecule has 0 aliphatic carbocycles. The molecular weight excluding hydrogens is 196 g/mol. The minimum Gasteiger partial charge on any atom is -0.424 e. The molecule has 1 N–H and O–H groups in total. The first kappa shape index (κ1) is 8.66. The van der Waals surface area contributed by atoms with Crippen molar-refractivity contribution in [1.82, 2.24) is 4.98 Å². The second kappa shape index (κ2) is 3.81. The molecule has 2 rings (SSSR count). The van der Waals surface area contributed by atoms with Gasteiger partial charge in [0, 0.05) is 0 Å². The molecule has 0 spiro atoms. The molecule has 0 radical (unpaired) electrons. The summed E-state index contributed by atoms with van der Waals surface area (Å²) in [6.07, 6.45) is 1.82. The van der Waals surface area contributed by atoms with Crippen LogP contribution < -0.4 is 58.2 Å². The summed E-state index contributed by atoms with van der Waals surface area (Å²) in [6, 6.07) is 11.1. The summed E-state index contributed by atoms with van der Waals surface area (Å²) in [5.74, 6) is 0. The van der Waals surface area contributed by atoms with E-state index in [4.69, 9.17) is 0 Å². The van der Waals surface area contributed by atoms with Gasteiger partial charge in [0.05, 0.1) is 0 Å². The molecule has 0 aliphatic heterocycles. The van der Waals surface area contributed by atoms with E-state index >= 15 is 0 Å². The molecule has 0 amide bonds. The molecule has 10 heavy (non-hydrogen) atoms. The smallest absolute Gasteiger partial charge is 0.424 e. The third kappa shape index (κ3) is 1.59. The Morgan fingerprint density at radius 3 is 2.80 bits per heavy atom. The zero-order chi connectivity index (χ0) is 6.10. The second-order valence-electron chi connectivity index (χ2n) is 1.98. The van der Waals surface area contributed by atoms with Gasteiger partial charge >= 0.3 is 58.2 Å². The minimum absolute atomic E-state index is 0. The van der Waals surface area contributed by atoms with Crippen LogP contribution in [0.4, 0.5) is 0 Å². The number of aromatic amines is 1. The standard InChI is InChI=1S/C8H6N.Rb/c1-2-4-8-7(3-1)5-6-9-8;/h1-4,6,9H;/q-1;+1. The molecule has 0 bridgehead atoms. The van der Waals surface area contributed by atoms with E-state index in [0.29, 0.717) is 0 Å². The van der Waals surface area contributed by atoms with E-state index in [1.807, 2.05) is 30.5 Å². The first-order valence-corrected chi connectivity index (χ1v) is 2.90. The molecule has 0 atom stereocenters. The number of para-hydroxylation sites is 1. The van der Waals surface area contributed by atoms with Gasteiger partial charge in [-0.05, 0) is 0 Å². The summed E-state index contributed by atoms with van der Waals surface area (Å²) in [6.45, 7) is 0. The molecule has 2 aromatic rings. The average molecular weight is 202 g/mol. The molecule has 44 valence electrons. The predicted octanol–water partition coefficient (Wildman–Crippen LogP) is -1.03. The van der Waals surface area contributed by atoms with Crippen LogP contribution >= 0.6 is 0 Å². The van der Waals surface area contributed by atoms with Crippen LogP contribution in [0.2, 0.25) is 0 Å². The van der Waals surface area contributed by atoms with Crippen molar-refractivity contribution >= 4 is 10.9 Å². The second-order valence-corrected chi connectivity index (χ2v) is 1.98. The predicted molar refractivity (Wildman–Crippen MR) is 37.1 cm³/mol. The summed E-state index contributed by atoms with van der Waals surface area (Å²) in [5.41, 5.74) is 1.15. The van der Waals surface area contributed by atoms with E-state index in [-0.39, 0.29) is 58.2 Å². The number of hydrogen-bond acceptors (Lipinski definition) is 0. The van der Waals surface area contributed by atoms with Crippen molar-refractivity contribution in [2.24, 2.45) is 0 Å². The summed E-state index contributed by atoms with van der Waals surface area (Å²) in [5, 5.41) is 1.15. The molecule has 0 unspecified atom stereocenters. The largest absolute Gasteiger partial charge is 1.00 e. The number of benzene rings is 1. The van der Waals surface area contributed by atoms with Crippen molar-refractivity contribution in [2.75, 3.05) is 0 Å². The Kier molecular flexibility index (Phi) is 3.30. The van der Waals surface area contributed by atoms with Gasteiger partial charge in [-0.1, -0.05) is 23.8 Å². The first-order chi connectivity index (χ1) is 4.47. The molecule has 0 saturated carbocycles. The van der Waals surface area contributed by atoms with Crippen LogP contribution in [-0.4, -0.2) is 4.98 Å². The van der Waals surface area contributed by atoms with Gasteiger partial charge in [0.1, 0.15) is 0 Å². The fraction of sp³-hybridized carbons (Fsp3) is 0. The zero-order valence-electron chi connectivity index (χ0n) is 5.89. The molecule has 2 heteroatoms. The van der Waals surface area contributed by atoms with Crippen LogP contribution in [0.25, 0.3) is 10.9 Å². The van der Waals surface area contributed by atoms with Crippen LogP contribution in [0, 0.1) is 6.07 Å². The van der Waals surface area contributed by atoms with Crippen LogP contribution in [0.3, 0.4) is 0 Å². The Hall–Kier alpha value is 0.565. The van der Waals surface area contributed by atoms with E-state index in [1.54, 1.807) is 0 Å². The third-order valence-electron chi connectivity index (χ3n) is 1.38. The van der Waals surface area contributed by atoms with E-state index in [2.05, 4.69) is 11.1 Å². The molecule has 1 aromatic heterocycles. The Bertz CT molecular complexity index is 283. The number of rotatable bonds is 0. The van der Waals surface area contributed by atoms with Crippen molar-refractivity contribution in [3.8, 4) is 0 Å². The van der Waals surface area contributed by atoms with E-state index in [9.17, 15) is 0 Å². The quantitative estimate of drug-likeness (QED) is 0.525. The maximum absolute atomic E-state index is 3.06. The zero-order valence-corrected chi connectivity index (χ0v) is 10.8. The molecular formula is C8H6NRb. The fourth-order valence-corrected chi connectivity index (χ4v) is 0.926. The molecule has 1 aromatic carbocycles. The number of nitrogens with one attached hydrogen (secondary N) is 1. The summed E-state index contributed by atoms with van der Waals surface area (Å²) < 4.78 is 0. The Labute approximate surface area is 109 Å². The van der Waals surface area contributed by atoms with Gasteiger partial charge in [-0.25, -0.2) is 0 Å². The number of aromatic nitrogens is 1. The maximum atomic E-state index is 3.06. The van der Waals surface area contributed by atoms with Crippen molar-refractivity contribution in [3.63, 3.8) is 0 Å². The van der Waals surface area contributed by atoms with Gasteiger partial charge in [0.15, 0.2) is 0 Å². The van der Waals surface area contributed by atoms with Gasteiger partial charge in [-0.2, -0.15) is 17.5 Å². The normalized spacial score (nSPS) is 9.20. The Morgan fingerprint density at radius 1 is 1.20 bits per heavy atom.